The molecule has 0 N–H and O–H groups in total. The number of carbonyl (C=O) groups is 1. The van der Waals surface area contributed by atoms with E-state index in [2.05, 4.69) is 15.9 Å². The van der Waals surface area contributed by atoms with E-state index in [-0.39, 0.29) is 23.9 Å². The first-order chi connectivity index (χ1) is 12.4. The van der Waals surface area contributed by atoms with E-state index >= 15 is 0 Å². The molecular formula is C18H19BrN2O4S. The number of halogens is 1. The molecule has 138 valence electrons. The van der Waals surface area contributed by atoms with Gasteiger partial charge in [-0.25, -0.2) is 8.42 Å². The zero-order valence-corrected chi connectivity index (χ0v) is 16.7. The smallest absolute Gasteiger partial charge is 0.253 e. The molecule has 1 fully saturated rings. The van der Waals surface area contributed by atoms with Crippen molar-refractivity contribution in [2.45, 2.75) is 4.90 Å². The van der Waals surface area contributed by atoms with Crippen LogP contribution in [0.5, 0.6) is 5.75 Å². The maximum Gasteiger partial charge on any atom is 0.253 e. The summed E-state index contributed by atoms with van der Waals surface area (Å²) in [5.74, 6) is 0.497. The number of benzene rings is 2. The average molecular weight is 439 g/mol. The fourth-order valence-corrected chi connectivity index (χ4v) is 4.99. The Balaban J connectivity index is 1.71. The summed E-state index contributed by atoms with van der Waals surface area (Å²) in [6, 6.07) is 13.7. The van der Waals surface area contributed by atoms with Gasteiger partial charge in [0.05, 0.1) is 16.5 Å². The Morgan fingerprint density at radius 3 is 2.27 bits per heavy atom. The molecule has 0 saturated carbocycles. The van der Waals surface area contributed by atoms with Gasteiger partial charge in [-0.3, -0.25) is 4.79 Å². The number of carbonyl (C=O) groups excluding carboxylic acids is 1. The maximum atomic E-state index is 12.8. The van der Waals surface area contributed by atoms with Crippen molar-refractivity contribution >= 4 is 31.9 Å². The Kier molecular flexibility index (Phi) is 5.64. The first-order valence-electron chi connectivity index (χ1n) is 8.11. The number of ether oxygens (including phenoxy) is 1. The number of hydrogen-bond acceptors (Lipinski definition) is 4. The summed E-state index contributed by atoms with van der Waals surface area (Å²) in [5.41, 5.74) is 0.614. The van der Waals surface area contributed by atoms with Crippen LogP contribution < -0.4 is 4.74 Å². The largest absolute Gasteiger partial charge is 0.496 e. The topological polar surface area (TPSA) is 66.9 Å². The molecule has 1 aliphatic heterocycles. The van der Waals surface area contributed by atoms with Gasteiger partial charge in [0.25, 0.3) is 5.91 Å². The molecule has 8 heteroatoms. The van der Waals surface area contributed by atoms with E-state index in [0.29, 0.717) is 28.9 Å². The molecule has 0 aliphatic carbocycles. The van der Waals surface area contributed by atoms with E-state index in [1.165, 1.54) is 23.5 Å². The van der Waals surface area contributed by atoms with E-state index in [1.807, 2.05) is 18.2 Å². The molecule has 1 heterocycles. The molecule has 1 saturated heterocycles. The highest BCUT2D eigenvalue weighted by atomic mass is 79.9. The fourth-order valence-electron chi connectivity index (χ4n) is 2.85. The van der Waals surface area contributed by atoms with Crippen molar-refractivity contribution in [3.63, 3.8) is 0 Å². The number of sulfonamides is 1. The number of hydrogen-bond donors (Lipinski definition) is 0. The van der Waals surface area contributed by atoms with Crippen molar-refractivity contribution in [3.8, 4) is 5.75 Å². The molecule has 0 spiro atoms. The fraction of sp³-hybridized carbons (Fsp3) is 0.278. The molecule has 26 heavy (non-hydrogen) atoms. The highest BCUT2D eigenvalue weighted by molar-refractivity contribution is 9.10. The summed E-state index contributed by atoms with van der Waals surface area (Å²) in [7, 11) is -2.09. The van der Waals surface area contributed by atoms with Crippen molar-refractivity contribution in [2.24, 2.45) is 0 Å². The summed E-state index contributed by atoms with van der Waals surface area (Å²) in [5, 5.41) is 0. The quantitative estimate of drug-likeness (QED) is 0.735. The second-order valence-electron chi connectivity index (χ2n) is 5.86. The Bertz CT molecular complexity index is 895. The maximum absolute atomic E-state index is 12.8. The summed E-state index contributed by atoms with van der Waals surface area (Å²) >= 11 is 3.32. The first-order valence-corrected chi connectivity index (χ1v) is 10.3. The van der Waals surface area contributed by atoms with Crippen LogP contribution in [0.2, 0.25) is 0 Å². The standard InChI is InChI=1S/C18H19BrN2O4S/c1-25-17-8-7-15(13-16(17)19)26(23,24)21-11-9-20(10-12-21)18(22)14-5-3-2-4-6-14/h2-8,13H,9-12H2,1H3. The van der Waals surface area contributed by atoms with E-state index in [9.17, 15) is 13.2 Å². The van der Waals surface area contributed by atoms with Crippen LogP contribution in [0.25, 0.3) is 0 Å². The molecule has 0 radical (unpaired) electrons. The highest BCUT2D eigenvalue weighted by Gasteiger charge is 2.30. The van der Waals surface area contributed by atoms with Gasteiger partial charge in [0.2, 0.25) is 10.0 Å². The van der Waals surface area contributed by atoms with Gasteiger partial charge in [0, 0.05) is 31.7 Å². The predicted molar refractivity (Wildman–Crippen MR) is 102 cm³/mol. The number of methoxy groups -OCH3 is 1. The third kappa shape index (κ3) is 3.77. The molecule has 1 amide bonds. The summed E-state index contributed by atoms with van der Waals surface area (Å²) < 4.78 is 32.8. The molecule has 1 aliphatic rings. The normalized spacial score (nSPS) is 15.7. The Morgan fingerprint density at radius 1 is 1.04 bits per heavy atom. The molecule has 6 nitrogen and oxygen atoms in total. The van der Waals surface area contributed by atoms with Crippen LogP contribution in [0.1, 0.15) is 10.4 Å². The SMILES string of the molecule is COc1ccc(S(=O)(=O)N2CCN(C(=O)c3ccccc3)CC2)cc1Br. The van der Waals surface area contributed by atoms with Gasteiger partial charge in [-0.1, -0.05) is 18.2 Å². The first kappa shape index (κ1) is 18.9. The molecule has 3 rings (SSSR count). The predicted octanol–water partition coefficient (Wildman–Crippen LogP) is 2.60. The van der Waals surface area contributed by atoms with Crippen LogP contribution in [0.15, 0.2) is 57.9 Å². The Labute approximate surface area is 161 Å². The van der Waals surface area contributed by atoms with E-state index in [1.54, 1.807) is 23.1 Å². The lowest BCUT2D eigenvalue weighted by Gasteiger charge is -2.34. The van der Waals surface area contributed by atoms with E-state index in [4.69, 9.17) is 4.74 Å². The van der Waals surface area contributed by atoms with Crippen molar-refractivity contribution in [3.05, 3.63) is 58.6 Å². The van der Waals surface area contributed by atoms with Gasteiger partial charge >= 0.3 is 0 Å². The molecule has 0 aromatic heterocycles. The van der Waals surface area contributed by atoms with E-state index in [0.717, 1.165) is 0 Å². The third-order valence-electron chi connectivity index (χ3n) is 4.31. The molecule has 2 aromatic carbocycles. The summed E-state index contributed by atoms with van der Waals surface area (Å²) in [6.45, 7) is 1.27. The average Bonchev–Trinajstić information content (AvgIpc) is 2.68. The Hall–Kier alpha value is -1.90. The lowest BCUT2D eigenvalue weighted by atomic mass is 10.2. The Morgan fingerprint density at radius 2 is 1.69 bits per heavy atom. The van der Waals surface area contributed by atoms with Crippen LogP contribution in [0.3, 0.4) is 0 Å². The van der Waals surface area contributed by atoms with E-state index < -0.39 is 10.0 Å². The number of piperazine rings is 1. The summed E-state index contributed by atoms with van der Waals surface area (Å²) in [6.07, 6.45) is 0. The number of rotatable bonds is 4. The third-order valence-corrected chi connectivity index (χ3v) is 6.82. The molecule has 0 bridgehead atoms. The molecule has 0 unspecified atom stereocenters. The monoisotopic (exact) mass is 438 g/mol. The van der Waals surface area contributed by atoms with Gasteiger partial charge in [-0.05, 0) is 46.3 Å². The van der Waals surface area contributed by atoms with Crippen molar-refractivity contribution in [1.82, 2.24) is 9.21 Å². The second kappa shape index (κ2) is 7.77. The molecule has 0 atom stereocenters. The number of amides is 1. The van der Waals surface area contributed by atoms with Crippen LogP contribution in [-0.2, 0) is 10.0 Å². The van der Waals surface area contributed by atoms with Gasteiger partial charge in [-0.15, -0.1) is 0 Å². The van der Waals surface area contributed by atoms with Crippen molar-refractivity contribution in [1.29, 1.82) is 0 Å². The van der Waals surface area contributed by atoms with Crippen LogP contribution >= 0.6 is 15.9 Å². The minimum Gasteiger partial charge on any atom is -0.496 e. The minimum absolute atomic E-state index is 0.0742. The van der Waals surface area contributed by atoms with Crippen LogP contribution in [-0.4, -0.2) is 56.8 Å². The van der Waals surface area contributed by atoms with Crippen molar-refractivity contribution in [2.75, 3.05) is 33.3 Å². The molecular weight excluding hydrogens is 420 g/mol. The van der Waals surface area contributed by atoms with Gasteiger partial charge < -0.3 is 9.64 Å². The van der Waals surface area contributed by atoms with Gasteiger partial charge in [0.1, 0.15) is 5.75 Å². The number of nitrogens with zero attached hydrogens (tertiary/aromatic N) is 2. The lowest BCUT2D eigenvalue weighted by Crippen LogP contribution is -2.50. The van der Waals surface area contributed by atoms with Gasteiger partial charge in [0.15, 0.2) is 0 Å². The second-order valence-corrected chi connectivity index (χ2v) is 8.65. The highest BCUT2D eigenvalue weighted by Crippen LogP contribution is 2.29. The van der Waals surface area contributed by atoms with Crippen molar-refractivity contribution < 1.29 is 17.9 Å². The minimum atomic E-state index is -3.61. The summed E-state index contributed by atoms with van der Waals surface area (Å²) in [4.78, 5) is 14.4. The molecule has 2 aromatic rings. The van der Waals surface area contributed by atoms with Gasteiger partial charge in [-0.2, -0.15) is 4.31 Å². The zero-order chi connectivity index (χ0) is 18.7. The zero-order valence-electron chi connectivity index (χ0n) is 14.3. The van der Waals surface area contributed by atoms with Crippen LogP contribution in [0.4, 0.5) is 0 Å². The van der Waals surface area contributed by atoms with Crippen LogP contribution in [0, 0.1) is 0 Å². The lowest BCUT2D eigenvalue weighted by molar-refractivity contribution is 0.0698.